The molecule has 2 rings (SSSR count). The van der Waals surface area contributed by atoms with E-state index in [1.807, 2.05) is 12.1 Å². The number of nitrogens with one attached hydrogen (secondary N) is 2. The maximum atomic E-state index is 11.2. The van der Waals surface area contributed by atoms with Gasteiger partial charge in [-0.2, -0.15) is 0 Å². The highest BCUT2D eigenvalue weighted by atomic mass is 32.2. The van der Waals surface area contributed by atoms with Crippen LogP contribution < -0.4 is 10.9 Å². The van der Waals surface area contributed by atoms with Crippen molar-refractivity contribution in [1.29, 1.82) is 0 Å². The number of H-pyrrole nitrogens is 1. The van der Waals surface area contributed by atoms with Crippen LogP contribution in [0.3, 0.4) is 0 Å². The molecule has 106 valence electrons. The van der Waals surface area contributed by atoms with E-state index in [9.17, 15) is 4.79 Å². The first kappa shape index (κ1) is 14.8. The van der Waals surface area contributed by atoms with Crippen LogP contribution in [0.2, 0.25) is 0 Å². The predicted octanol–water partition coefficient (Wildman–Crippen LogP) is 2.81. The second-order valence-corrected chi connectivity index (χ2v) is 6.65. The summed E-state index contributed by atoms with van der Waals surface area (Å²) < 4.78 is 0. The van der Waals surface area contributed by atoms with Gasteiger partial charge in [0.05, 0.1) is 0 Å². The number of hydrogen-bond donors (Lipinski definition) is 2. The molecule has 0 aliphatic heterocycles. The number of rotatable bonds is 4. The SMILES string of the molecule is CC(C)(C)NCc1ccc(Sc2nccc(=O)[nH]2)cc1. The summed E-state index contributed by atoms with van der Waals surface area (Å²) in [5, 5.41) is 4.06. The Morgan fingerprint density at radius 3 is 2.50 bits per heavy atom. The van der Waals surface area contributed by atoms with Crippen molar-refractivity contribution in [2.24, 2.45) is 0 Å². The summed E-state index contributed by atoms with van der Waals surface area (Å²) in [5.74, 6) is 0. The van der Waals surface area contributed by atoms with Gasteiger partial charge in [0.15, 0.2) is 5.16 Å². The summed E-state index contributed by atoms with van der Waals surface area (Å²) >= 11 is 1.45. The molecule has 2 N–H and O–H groups in total. The highest BCUT2D eigenvalue weighted by molar-refractivity contribution is 7.99. The van der Waals surface area contributed by atoms with Crippen LogP contribution >= 0.6 is 11.8 Å². The summed E-state index contributed by atoms with van der Waals surface area (Å²) in [4.78, 5) is 19.1. The molecule has 1 aromatic heterocycles. The Morgan fingerprint density at radius 1 is 1.20 bits per heavy atom. The Kier molecular flexibility index (Phi) is 4.62. The van der Waals surface area contributed by atoms with E-state index in [4.69, 9.17) is 0 Å². The Balaban J connectivity index is 2.00. The second kappa shape index (κ2) is 6.24. The van der Waals surface area contributed by atoms with Crippen LogP contribution in [0.1, 0.15) is 26.3 Å². The van der Waals surface area contributed by atoms with Crippen molar-refractivity contribution in [3.05, 3.63) is 52.4 Å². The van der Waals surface area contributed by atoms with Gasteiger partial charge in [0, 0.05) is 29.2 Å². The summed E-state index contributed by atoms with van der Waals surface area (Å²) in [6, 6.07) is 9.66. The molecule has 0 spiro atoms. The lowest BCUT2D eigenvalue weighted by Crippen LogP contribution is -2.35. The molecule has 0 fully saturated rings. The van der Waals surface area contributed by atoms with Crippen molar-refractivity contribution in [3.63, 3.8) is 0 Å². The Morgan fingerprint density at radius 2 is 1.90 bits per heavy atom. The molecule has 0 saturated heterocycles. The van der Waals surface area contributed by atoms with E-state index in [1.165, 1.54) is 29.6 Å². The van der Waals surface area contributed by atoms with Gasteiger partial charge in [0.2, 0.25) is 0 Å². The topological polar surface area (TPSA) is 57.8 Å². The lowest BCUT2D eigenvalue weighted by Gasteiger charge is -2.20. The van der Waals surface area contributed by atoms with Crippen molar-refractivity contribution in [2.45, 2.75) is 42.9 Å². The van der Waals surface area contributed by atoms with Crippen LogP contribution in [0, 0.1) is 0 Å². The third-order valence-electron chi connectivity index (χ3n) is 2.61. The molecule has 0 amide bonds. The maximum absolute atomic E-state index is 11.2. The zero-order chi connectivity index (χ0) is 14.6. The predicted molar refractivity (Wildman–Crippen MR) is 82.0 cm³/mol. The van der Waals surface area contributed by atoms with Crippen LogP contribution in [0.4, 0.5) is 0 Å². The molecule has 0 unspecified atom stereocenters. The first-order valence-corrected chi connectivity index (χ1v) is 7.31. The number of aromatic amines is 1. The molecule has 1 heterocycles. The third kappa shape index (κ3) is 4.83. The van der Waals surface area contributed by atoms with Gasteiger partial charge in [-0.05, 0) is 38.5 Å². The molecule has 4 nitrogen and oxygen atoms in total. The van der Waals surface area contributed by atoms with Gasteiger partial charge in [-0.25, -0.2) is 4.98 Å². The minimum atomic E-state index is -0.131. The molecule has 0 atom stereocenters. The van der Waals surface area contributed by atoms with Gasteiger partial charge in [-0.3, -0.25) is 4.79 Å². The lowest BCUT2D eigenvalue weighted by molar-refractivity contribution is 0.424. The van der Waals surface area contributed by atoms with Crippen molar-refractivity contribution in [2.75, 3.05) is 0 Å². The number of benzene rings is 1. The van der Waals surface area contributed by atoms with Crippen molar-refractivity contribution < 1.29 is 0 Å². The van der Waals surface area contributed by atoms with Crippen LogP contribution in [0.15, 0.2) is 51.4 Å². The highest BCUT2D eigenvalue weighted by Crippen LogP contribution is 2.23. The Hall–Kier alpha value is -1.59. The standard InChI is InChI=1S/C15H19N3OS/c1-15(2,3)17-10-11-4-6-12(7-5-11)20-14-16-9-8-13(19)18-14/h4-9,17H,10H2,1-3H3,(H,16,18,19). The maximum Gasteiger partial charge on any atom is 0.251 e. The third-order valence-corrected chi connectivity index (χ3v) is 3.52. The van der Waals surface area contributed by atoms with Gasteiger partial charge < -0.3 is 10.3 Å². The van der Waals surface area contributed by atoms with E-state index in [-0.39, 0.29) is 11.1 Å². The van der Waals surface area contributed by atoms with E-state index in [1.54, 1.807) is 0 Å². The molecular formula is C15H19N3OS. The summed E-state index contributed by atoms with van der Waals surface area (Å²) in [6.07, 6.45) is 1.52. The van der Waals surface area contributed by atoms with E-state index in [0.717, 1.165) is 11.4 Å². The number of hydrogen-bond acceptors (Lipinski definition) is 4. The monoisotopic (exact) mass is 289 g/mol. The molecule has 2 aromatic rings. The largest absolute Gasteiger partial charge is 0.308 e. The minimum Gasteiger partial charge on any atom is -0.308 e. The zero-order valence-corrected chi connectivity index (χ0v) is 12.8. The van der Waals surface area contributed by atoms with Crippen LogP contribution in [0.5, 0.6) is 0 Å². The molecule has 0 aliphatic carbocycles. The fourth-order valence-corrected chi connectivity index (χ4v) is 2.32. The van der Waals surface area contributed by atoms with E-state index < -0.39 is 0 Å². The summed E-state index contributed by atoms with van der Waals surface area (Å²) in [5.41, 5.74) is 1.22. The van der Waals surface area contributed by atoms with Gasteiger partial charge in [-0.1, -0.05) is 23.9 Å². The fraction of sp³-hybridized carbons (Fsp3) is 0.333. The Labute approximate surface area is 123 Å². The molecular weight excluding hydrogens is 270 g/mol. The van der Waals surface area contributed by atoms with Crippen LogP contribution in [-0.2, 0) is 6.54 Å². The van der Waals surface area contributed by atoms with Gasteiger partial charge in [0.25, 0.3) is 5.56 Å². The van der Waals surface area contributed by atoms with Crippen molar-refractivity contribution in [3.8, 4) is 0 Å². The zero-order valence-electron chi connectivity index (χ0n) is 11.9. The summed E-state index contributed by atoms with van der Waals surface area (Å²) in [6.45, 7) is 7.28. The average Bonchev–Trinajstić information content (AvgIpc) is 2.37. The fourth-order valence-electron chi connectivity index (χ4n) is 1.56. The molecule has 1 aromatic carbocycles. The van der Waals surface area contributed by atoms with E-state index in [0.29, 0.717) is 5.16 Å². The summed E-state index contributed by atoms with van der Waals surface area (Å²) in [7, 11) is 0. The highest BCUT2D eigenvalue weighted by Gasteiger charge is 2.08. The normalized spacial score (nSPS) is 11.6. The smallest absolute Gasteiger partial charge is 0.251 e. The molecule has 0 bridgehead atoms. The van der Waals surface area contributed by atoms with Crippen molar-refractivity contribution in [1.82, 2.24) is 15.3 Å². The lowest BCUT2D eigenvalue weighted by atomic mass is 10.1. The minimum absolute atomic E-state index is 0.112. The van der Waals surface area contributed by atoms with Gasteiger partial charge >= 0.3 is 0 Å². The van der Waals surface area contributed by atoms with Crippen molar-refractivity contribution >= 4 is 11.8 Å². The van der Waals surface area contributed by atoms with E-state index >= 15 is 0 Å². The quantitative estimate of drug-likeness (QED) is 0.850. The second-order valence-electron chi connectivity index (χ2n) is 5.59. The Bertz CT molecular complexity index is 614. The van der Waals surface area contributed by atoms with Gasteiger partial charge in [-0.15, -0.1) is 0 Å². The molecule has 0 aliphatic rings. The number of aromatic nitrogens is 2. The van der Waals surface area contributed by atoms with Gasteiger partial charge in [0.1, 0.15) is 0 Å². The average molecular weight is 289 g/mol. The molecule has 20 heavy (non-hydrogen) atoms. The number of nitrogens with zero attached hydrogens (tertiary/aromatic N) is 1. The van der Waals surface area contributed by atoms with Crippen LogP contribution in [0.25, 0.3) is 0 Å². The van der Waals surface area contributed by atoms with Crippen LogP contribution in [-0.4, -0.2) is 15.5 Å². The molecule has 0 radical (unpaired) electrons. The first-order chi connectivity index (χ1) is 9.42. The first-order valence-electron chi connectivity index (χ1n) is 6.49. The molecule has 5 heteroatoms. The van der Waals surface area contributed by atoms with E-state index in [2.05, 4.69) is 48.2 Å². The molecule has 0 saturated carbocycles.